The van der Waals surface area contributed by atoms with E-state index in [0.29, 0.717) is 13.0 Å². The molecule has 21 heavy (non-hydrogen) atoms. The monoisotopic (exact) mass is 285 g/mol. The van der Waals surface area contributed by atoms with Crippen molar-refractivity contribution in [1.82, 2.24) is 14.9 Å². The molecule has 1 aliphatic rings. The van der Waals surface area contributed by atoms with E-state index in [0.717, 1.165) is 42.3 Å². The van der Waals surface area contributed by atoms with E-state index in [2.05, 4.69) is 27.9 Å². The summed E-state index contributed by atoms with van der Waals surface area (Å²) in [5, 5.41) is 3.27. The molecule has 3 rings (SSSR count). The van der Waals surface area contributed by atoms with Crippen molar-refractivity contribution in [3.05, 3.63) is 30.1 Å². The SMILES string of the molecule is CCCn1c(CC(=O)CNCC2CC2)nc2ccccc21. The topological polar surface area (TPSA) is 46.9 Å². The summed E-state index contributed by atoms with van der Waals surface area (Å²) in [5.74, 6) is 1.93. The second-order valence-electron chi connectivity index (χ2n) is 5.96. The number of carbonyl (C=O) groups is 1. The van der Waals surface area contributed by atoms with Crippen LogP contribution in [0, 0.1) is 5.92 Å². The molecule has 1 fully saturated rings. The van der Waals surface area contributed by atoms with Gasteiger partial charge < -0.3 is 9.88 Å². The normalized spacial score (nSPS) is 14.7. The van der Waals surface area contributed by atoms with Crippen LogP contribution in [0.4, 0.5) is 0 Å². The van der Waals surface area contributed by atoms with E-state index in [1.165, 1.54) is 12.8 Å². The number of carbonyl (C=O) groups excluding carboxylic acids is 1. The third kappa shape index (κ3) is 3.50. The highest BCUT2D eigenvalue weighted by Crippen LogP contribution is 2.27. The number of aryl methyl sites for hydroxylation is 1. The number of rotatable bonds is 8. The third-order valence-electron chi connectivity index (χ3n) is 3.99. The first-order valence-corrected chi connectivity index (χ1v) is 7.94. The molecule has 1 heterocycles. The zero-order chi connectivity index (χ0) is 14.7. The van der Waals surface area contributed by atoms with Crippen LogP contribution in [-0.4, -0.2) is 28.4 Å². The van der Waals surface area contributed by atoms with Crippen LogP contribution in [-0.2, 0) is 17.8 Å². The first kappa shape index (κ1) is 14.3. The van der Waals surface area contributed by atoms with Crippen LogP contribution in [0.2, 0.25) is 0 Å². The van der Waals surface area contributed by atoms with Crippen molar-refractivity contribution in [3.8, 4) is 0 Å². The van der Waals surface area contributed by atoms with Crippen LogP contribution in [0.5, 0.6) is 0 Å². The van der Waals surface area contributed by atoms with Gasteiger partial charge >= 0.3 is 0 Å². The molecule has 1 N–H and O–H groups in total. The Labute approximate surface area is 125 Å². The van der Waals surface area contributed by atoms with Crippen molar-refractivity contribution >= 4 is 16.8 Å². The highest BCUT2D eigenvalue weighted by Gasteiger charge is 2.21. The number of ketones is 1. The van der Waals surface area contributed by atoms with E-state index in [-0.39, 0.29) is 5.78 Å². The molecule has 0 spiro atoms. The van der Waals surface area contributed by atoms with Crippen LogP contribution in [0.15, 0.2) is 24.3 Å². The molecule has 2 aromatic rings. The van der Waals surface area contributed by atoms with Gasteiger partial charge in [0.1, 0.15) is 5.82 Å². The third-order valence-corrected chi connectivity index (χ3v) is 3.99. The van der Waals surface area contributed by atoms with Crippen LogP contribution in [0.25, 0.3) is 11.0 Å². The lowest BCUT2D eigenvalue weighted by atomic mass is 10.2. The zero-order valence-electron chi connectivity index (χ0n) is 12.6. The smallest absolute Gasteiger partial charge is 0.154 e. The van der Waals surface area contributed by atoms with Crippen molar-refractivity contribution in [2.24, 2.45) is 5.92 Å². The first-order valence-electron chi connectivity index (χ1n) is 7.94. The minimum absolute atomic E-state index is 0.225. The number of para-hydroxylation sites is 2. The number of fused-ring (bicyclic) bond motifs is 1. The van der Waals surface area contributed by atoms with Crippen LogP contribution in [0.3, 0.4) is 0 Å². The minimum atomic E-state index is 0.225. The molecule has 112 valence electrons. The Balaban J connectivity index is 1.69. The number of nitrogens with zero attached hydrogens (tertiary/aromatic N) is 2. The second-order valence-corrected chi connectivity index (χ2v) is 5.96. The van der Waals surface area contributed by atoms with E-state index < -0.39 is 0 Å². The Bertz CT molecular complexity index is 628. The lowest BCUT2D eigenvalue weighted by molar-refractivity contribution is -0.117. The summed E-state index contributed by atoms with van der Waals surface area (Å²) in [6.45, 7) is 4.51. The summed E-state index contributed by atoms with van der Waals surface area (Å²) in [6, 6.07) is 8.12. The van der Waals surface area contributed by atoms with Crippen molar-refractivity contribution in [2.75, 3.05) is 13.1 Å². The van der Waals surface area contributed by atoms with E-state index >= 15 is 0 Å². The molecule has 0 saturated heterocycles. The van der Waals surface area contributed by atoms with Crippen LogP contribution in [0.1, 0.15) is 32.0 Å². The van der Waals surface area contributed by atoms with Gasteiger partial charge in [0.05, 0.1) is 24.0 Å². The molecule has 4 nitrogen and oxygen atoms in total. The van der Waals surface area contributed by atoms with Gasteiger partial charge in [0.2, 0.25) is 0 Å². The molecule has 0 atom stereocenters. The van der Waals surface area contributed by atoms with Gasteiger partial charge in [-0.25, -0.2) is 4.98 Å². The number of benzene rings is 1. The van der Waals surface area contributed by atoms with Gasteiger partial charge in [-0.1, -0.05) is 19.1 Å². The highest BCUT2D eigenvalue weighted by atomic mass is 16.1. The summed E-state index contributed by atoms with van der Waals surface area (Å²) in [6.07, 6.45) is 4.09. The number of hydrogen-bond donors (Lipinski definition) is 1. The fourth-order valence-electron chi connectivity index (χ4n) is 2.71. The standard InChI is InChI=1S/C17H23N3O/c1-2-9-20-16-6-4-3-5-15(16)19-17(20)10-14(21)12-18-11-13-7-8-13/h3-6,13,18H,2,7-12H2,1H3. The summed E-state index contributed by atoms with van der Waals surface area (Å²) in [5.41, 5.74) is 2.12. The van der Waals surface area contributed by atoms with Gasteiger partial charge in [-0.3, -0.25) is 4.79 Å². The molecule has 4 heteroatoms. The zero-order valence-corrected chi connectivity index (χ0v) is 12.6. The van der Waals surface area contributed by atoms with Gasteiger partial charge in [-0.2, -0.15) is 0 Å². The minimum Gasteiger partial charge on any atom is -0.328 e. The van der Waals surface area contributed by atoms with Gasteiger partial charge in [0.25, 0.3) is 0 Å². The van der Waals surface area contributed by atoms with E-state index in [4.69, 9.17) is 0 Å². The number of Topliss-reactive ketones (excluding diaryl/α,β-unsaturated/α-hetero) is 1. The summed E-state index contributed by atoms with van der Waals surface area (Å²) in [4.78, 5) is 16.8. The summed E-state index contributed by atoms with van der Waals surface area (Å²) < 4.78 is 2.19. The van der Waals surface area contributed by atoms with E-state index in [9.17, 15) is 4.79 Å². The lowest BCUT2D eigenvalue weighted by Gasteiger charge is -2.07. The summed E-state index contributed by atoms with van der Waals surface area (Å²) >= 11 is 0. The molecule has 1 aromatic heterocycles. The van der Waals surface area contributed by atoms with Gasteiger partial charge in [-0.15, -0.1) is 0 Å². The van der Waals surface area contributed by atoms with Crippen molar-refractivity contribution in [3.63, 3.8) is 0 Å². The fraction of sp³-hybridized carbons (Fsp3) is 0.529. The average molecular weight is 285 g/mol. The Morgan fingerprint density at radius 1 is 1.38 bits per heavy atom. The molecular weight excluding hydrogens is 262 g/mol. The quantitative estimate of drug-likeness (QED) is 0.811. The summed E-state index contributed by atoms with van der Waals surface area (Å²) in [7, 11) is 0. The number of imidazole rings is 1. The van der Waals surface area contributed by atoms with Gasteiger partial charge in [-0.05, 0) is 43.9 Å². The average Bonchev–Trinajstić information content (AvgIpc) is 3.23. The van der Waals surface area contributed by atoms with Crippen molar-refractivity contribution < 1.29 is 4.79 Å². The molecule has 0 amide bonds. The maximum atomic E-state index is 12.1. The molecule has 0 radical (unpaired) electrons. The predicted octanol–water partition coefficient (Wildman–Crippen LogP) is 2.56. The maximum absolute atomic E-state index is 12.1. The predicted molar refractivity (Wildman–Crippen MR) is 84.3 cm³/mol. The van der Waals surface area contributed by atoms with E-state index in [1.54, 1.807) is 0 Å². The Morgan fingerprint density at radius 2 is 2.19 bits per heavy atom. The van der Waals surface area contributed by atoms with E-state index in [1.807, 2.05) is 18.2 Å². The Kier molecular flexibility index (Phi) is 4.34. The van der Waals surface area contributed by atoms with Gasteiger partial charge in [0, 0.05) is 6.54 Å². The number of hydrogen-bond acceptors (Lipinski definition) is 3. The molecule has 1 aromatic carbocycles. The second kappa shape index (κ2) is 6.39. The Morgan fingerprint density at radius 3 is 2.95 bits per heavy atom. The van der Waals surface area contributed by atoms with Crippen molar-refractivity contribution in [2.45, 2.75) is 39.2 Å². The van der Waals surface area contributed by atoms with Crippen LogP contribution >= 0.6 is 0 Å². The van der Waals surface area contributed by atoms with Crippen molar-refractivity contribution in [1.29, 1.82) is 0 Å². The lowest BCUT2D eigenvalue weighted by Crippen LogP contribution is -2.26. The Hall–Kier alpha value is -1.68. The molecule has 1 saturated carbocycles. The largest absolute Gasteiger partial charge is 0.328 e. The molecule has 1 aliphatic carbocycles. The first-order chi connectivity index (χ1) is 10.3. The molecular formula is C17H23N3O. The number of aromatic nitrogens is 2. The number of nitrogens with one attached hydrogen (secondary N) is 1. The molecule has 0 bridgehead atoms. The fourth-order valence-corrected chi connectivity index (χ4v) is 2.71. The van der Waals surface area contributed by atoms with Crippen LogP contribution < -0.4 is 5.32 Å². The van der Waals surface area contributed by atoms with Gasteiger partial charge in [0.15, 0.2) is 5.78 Å². The highest BCUT2D eigenvalue weighted by molar-refractivity contribution is 5.84. The molecule has 0 unspecified atom stereocenters. The molecule has 0 aliphatic heterocycles. The maximum Gasteiger partial charge on any atom is 0.154 e.